The van der Waals surface area contributed by atoms with Gasteiger partial charge in [0.25, 0.3) is 0 Å². The summed E-state index contributed by atoms with van der Waals surface area (Å²) in [4.78, 5) is 7.05. The Morgan fingerprint density at radius 3 is 2.81 bits per heavy atom. The molecule has 1 aliphatic rings. The first-order chi connectivity index (χ1) is 10.4. The number of para-hydroxylation sites is 1. The molecule has 0 saturated carbocycles. The van der Waals surface area contributed by atoms with Gasteiger partial charge in [-0.15, -0.1) is 0 Å². The lowest BCUT2D eigenvalue weighted by Crippen LogP contribution is -2.33. The molecule has 0 atom stereocenters. The first-order valence-corrected chi connectivity index (χ1v) is 7.63. The monoisotopic (exact) mass is 280 g/mol. The summed E-state index contributed by atoms with van der Waals surface area (Å²) < 4.78 is 0. The molecule has 4 nitrogen and oxygen atoms in total. The van der Waals surface area contributed by atoms with E-state index in [4.69, 9.17) is 0 Å². The van der Waals surface area contributed by atoms with E-state index in [1.165, 1.54) is 32.4 Å². The number of nitrogens with one attached hydrogen (secondary N) is 1. The third-order valence-electron chi connectivity index (χ3n) is 4.01. The van der Waals surface area contributed by atoms with E-state index in [0.29, 0.717) is 11.4 Å². The Labute approximate surface area is 125 Å². The van der Waals surface area contributed by atoms with Crippen molar-refractivity contribution in [2.24, 2.45) is 0 Å². The Hall–Kier alpha value is -2.12. The molecule has 3 rings (SSSR count). The molecule has 0 unspecified atom stereocenters. The van der Waals surface area contributed by atoms with Crippen molar-refractivity contribution in [3.05, 3.63) is 35.9 Å². The van der Waals surface area contributed by atoms with Crippen molar-refractivity contribution in [3.63, 3.8) is 0 Å². The van der Waals surface area contributed by atoms with E-state index in [2.05, 4.69) is 21.3 Å². The van der Waals surface area contributed by atoms with Gasteiger partial charge in [-0.3, -0.25) is 0 Å². The number of hydrogen-bond acceptors (Lipinski definition) is 4. The SMILES string of the molecule is N#Cc1cc2ccccc2nc1NCCN1CCCCC1. The van der Waals surface area contributed by atoms with Gasteiger partial charge in [0.15, 0.2) is 0 Å². The zero-order valence-corrected chi connectivity index (χ0v) is 12.2. The van der Waals surface area contributed by atoms with Crippen LogP contribution in [0.5, 0.6) is 0 Å². The number of piperidine rings is 1. The number of aromatic nitrogens is 1. The molecule has 1 N–H and O–H groups in total. The van der Waals surface area contributed by atoms with Gasteiger partial charge in [-0.1, -0.05) is 24.6 Å². The molecule has 1 aromatic carbocycles. The van der Waals surface area contributed by atoms with E-state index in [1.807, 2.05) is 30.3 Å². The van der Waals surface area contributed by atoms with Gasteiger partial charge in [0, 0.05) is 18.5 Å². The Bertz CT molecular complexity index is 653. The predicted molar refractivity (Wildman–Crippen MR) is 85.2 cm³/mol. The first-order valence-electron chi connectivity index (χ1n) is 7.63. The van der Waals surface area contributed by atoms with Gasteiger partial charge < -0.3 is 10.2 Å². The lowest BCUT2D eigenvalue weighted by molar-refractivity contribution is 0.237. The van der Waals surface area contributed by atoms with Crippen LogP contribution in [0.2, 0.25) is 0 Å². The van der Waals surface area contributed by atoms with Crippen molar-refractivity contribution in [2.45, 2.75) is 19.3 Å². The smallest absolute Gasteiger partial charge is 0.144 e. The van der Waals surface area contributed by atoms with Crippen molar-refractivity contribution < 1.29 is 0 Å². The summed E-state index contributed by atoms with van der Waals surface area (Å²) in [5, 5.41) is 13.6. The number of nitriles is 1. The van der Waals surface area contributed by atoms with Crippen molar-refractivity contribution in [2.75, 3.05) is 31.5 Å². The van der Waals surface area contributed by atoms with Gasteiger partial charge in [0.2, 0.25) is 0 Å². The molecular formula is C17H20N4. The predicted octanol–water partition coefficient (Wildman–Crippen LogP) is 3.00. The molecule has 2 aromatic rings. The lowest BCUT2D eigenvalue weighted by Gasteiger charge is -2.26. The Morgan fingerprint density at radius 1 is 1.19 bits per heavy atom. The number of benzene rings is 1. The van der Waals surface area contributed by atoms with Crippen LogP contribution in [0.25, 0.3) is 10.9 Å². The van der Waals surface area contributed by atoms with Crippen LogP contribution in [-0.2, 0) is 0 Å². The molecule has 2 heterocycles. The zero-order valence-electron chi connectivity index (χ0n) is 12.2. The maximum absolute atomic E-state index is 9.29. The van der Waals surface area contributed by atoms with Crippen LogP contribution in [-0.4, -0.2) is 36.1 Å². The van der Waals surface area contributed by atoms with Crippen LogP contribution < -0.4 is 5.32 Å². The van der Waals surface area contributed by atoms with Gasteiger partial charge in [0.05, 0.1) is 11.1 Å². The molecule has 1 aliphatic heterocycles. The molecule has 4 heteroatoms. The van der Waals surface area contributed by atoms with E-state index in [9.17, 15) is 5.26 Å². The quantitative estimate of drug-likeness (QED) is 0.935. The van der Waals surface area contributed by atoms with Crippen molar-refractivity contribution in [1.29, 1.82) is 5.26 Å². The summed E-state index contributed by atoms with van der Waals surface area (Å²) in [6, 6.07) is 12.0. The molecule has 0 aliphatic carbocycles. The van der Waals surface area contributed by atoms with Crippen LogP contribution in [0.3, 0.4) is 0 Å². The van der Waals surface area contributed by atoms with Crippen LogP contribution >= 0.6 is 0 Å². The Balaban J connectivity index is 1.69. The third-order valence-corrected chi connectivity index (χ3v) is 4.01. The summed E-state index contributed by atoms with van der Waals surface area (Å²) in [5.41, 5.74) is 1.55. The van der Waals surface area contributed by atoms with Gasteiger partial charge in [-0.2, -0.15) is 5.26 Å². The number of likely N-dealkylation sites (tertiary alicyclic amines) is 1. The van der Waals surface area contributed by atoms with Crippen molar-refractivity contribution in [1.82, 2.24) is 9.88 Å². The summed E-state index contributed by atoms with van der Waals surface area (Å²) >= 11 is 0. The average molecular weight is 280 g/mol. The largest absolute Gasteiger partial charge is 0.368 e. The highest BCUT2D eigenvalue weighted by atomic mass is 15.1. The minimum Gasteiger partial charge on any atom is -0.368 e. The first kappa shape index (κ1) is 13.8. The summed E-state index contributed by atoms with van der Waals surface area (Å²) in [6.45, 7) is 4.23. The summed E-state index contributed by atoms with van der Waals surface area (Å²) in [5.74, 6) is 0.702. The second kappa shape index (κ2) is 6.55. The molecular weight excluding hydrogens is 260 g/mol. The van der Waals surface area contributed by atoms with Gasteiger partial charge in [-0.05, 0) is 38.1 Å². The highest BCUT2D eigenvalue weighted by molar-refractivity contribution is 5.82. The average Bonchev–Trinajstić information content (AvgIpc) is 2.55. The topological polar surface area (TPSA) is 52.0 Å². The van der Waals surface area contributed by atoms with Crippen molar-refractivity contribution in [3.8, 4) is 6.07 Å². The van der Waals surface area contributed by atoms with Crippen LogP contribution in [0.4, 0.5) is 5.82 Å². The Kier molecular flexibility index (Phi) is 4.32. The molecule has 0 spiro atoms. The minimum absolute atomic E-state index is 0.618. The fourth-order valence-electron chi connectivity index (χ4n) is 2.85. The van der Waals surface area contributed by atoms with E-state index in [-0.39, 0.29) is 0 Å². The number of rotatable bonds is 4. The minimum atomic E-state index is 0.618. The number of nitrogens with zero attached hydrogens (tertiary/aromatic N) is 3. The van der Waals surface area contributed by atoms with E-state index < -0.39 is 0 Å². The fraction of sp³-hybridized carbons (Fsp3) is 0.412. The fourth-order valence-corrected chi connectivity index (χ4v) is 2.85. The van der Waals surface area contributed by atoms with Gasteiger partial charge in [-0.25, -0.2) is 4.98 Å². The molecule has 0 amide bonds. The van der Waals surface area contributed by atoms with E-state index >= 15 is 0 Å². The molecule has 108 valence electrons. The molecule has 1 fully saturated rings. The maximum Gasteiger partial charge on any atom is 0.144 e. The van der Waals surface area contributed by atoms with Gasteiger partial charge >= 0.3 is 0 Å². The van der Waals surface area contributed by atoms with Crippen LogP contribution in [0.15, 0.2) is 30.3 Å². The highest BCUT2D eigenvalue weighted by Crippen LogP contribution is 2.19. The molecule has 1 saturated heterocycles. The summed E-state index contributed by atoms with van der Waals surface area (Å²) in [7, 11) is 0. The summed E-state index contributed by atoms with van der Waals surface area (Å²) in [6.07, 6.45) is 3.96. The third kappa shape index (κ3) is 3.32. The second-order valence-corrected chi connectivity index (χ2v) is 5.52. The highest BCUT2D eigenvalue weighted by Gasteiger charge is 2.10. The maximum atomic E-state index is 9.29. The van der Waals surface area contributed by atoms with E-state index in [1.54, 1.807) is 0 Å². The zero-order chi connectivity index (χ0) is 14.5. The number of pyridine rings is 1. The second-order valence-electron chi connectivity index (χ2n) is 5.52. The Morgan fingerprint density at radius 2 is 2.00 bits per heavy atom. The molecule has 1 aromatic heterocycles. The van der Waals surface area contributed by atoms with Crippen LogP contribution in [0.1, 0.15) is 24.8 Å². The molecule has 0 bridgehead atoms. The number of anilines is 1. The standard InChI is InChI=1S/C17H20N4/c18-13-15-12-14-6-2-3-7-16(14)20-17(15)19-8-11-21-9-4-1-5-10-21/h2-3,6-7,12H,1,4-5,8-11H2,(H,19,20). The molecule has 21 heavy (non-hydrogen) atoms. The molecule has 0 radical (unpaired) electrons. The van der Waals surface area contributed by atoms with E-state index in [0.717, 1.165) is 24.0 Å². The number of hydrogen-bond donors (Lipinski definition) is 1. The number of fused-ring (bicyclic) bond motifs is 1. The lowest BCUT2D eigenvalue weighted by atomic mass is 10.1. The normalized spacial score (nSPS) is 15.8. The van der Waals surface area contributed by atoms with Crippen LogP contribution in [0, 0.1) is 11.3 Å². The van der Waals surface area contributed by atoms with Gasteiger partial charge in [0.1, 0.15) is 11.9 Å². The van der Waals surface area contributed by atoms with Crippen molar-refractivity contribution >= 4 is 16.7 Å².